The summed E-state index contributed by atoms with van der Waals surface area (Å²) in [6.45, 7) is 3.28. The van der Waals surface area contributed by atoms with Crippen LogP contribution in [0.5, 0.6) is 0 Å². The smallest absolute Gasteiger partial charge is 0.342 e. The van der Waals surface area contributed by atoms with Gasteiger partial charge >= 0.3 is 5.82 Å². The summed E-state index contributed by atoms with van der Waals surface area (Å²) in [4.78, 5) is 14.3. The third kappa shape index (κ3) is 3.05. The zero-order valence-corrected chi connectivity index (χ0v) is 10.4. The first-order chi connectivity index (χ1) is 8.68. The maximum Gasteiger partial charge on any atom is 0.342 e. The van der Waals surface area contributed by atoms with E-state index in [1.54, 1.807) is 11.5 Å². The second-order valence-electron chi connectivity index (χ2n) is 4.24. The number of hydrogen-bond acceptors (Lipinski definition) is 5. The van der Waals surface area contributed by atoms with Gasteiger partial charge < -0.3 is 19.6 Å². The van der Waals surface area contributed by atoms with E-state index in [-0.39, 0.29) is 12.1 Å². The molecule has 1 aliphatic rings. The van der Waals surface area contributed by atoms with Crippen molar-refractivity contribution in [3.8, 4) is 0 Å². The van der Waals surface area contributed by atoms with Gasteiger partial charge in [0.25, 0.3) is 0 Å². The number of ether oxygens (including phenoxy) is 2. The Balaban J connectivity index is 1.85. The number of imidazole rings is 1. The molecule has 0 aromatic carbocycles. The fraction of sp³-hybridized carbons (Fsp3) is 0.727. The van der Waals surface area contributed by atoms with Crippen LogP contribution in [0.4, 0.5) is 5.82 Å². The zero-order chi connectivity index (χ0) is 13.0. The van der Waals surface area contributed by atoms with Crippen LogP contribution in [0.2, 0.25) is 0 Å². The predicted molar refractivity (Wildman–Crippen MR) is 63.2 cm³/mol. The van der Waals surface area contributed by atoms with Crippen molar-refractivity contribution in [3.05, 3.63) is 22.1 Å². The first-order valence-corrected chi connectivity index (χ1v) is 6.08. The van der Waals surface area contributed by atoms with Gasteiger partial charge in [0.05, 0.1) is 6.61 Å². The lowest BCUT2D eigenvalue weighted by Gasteiger charge is -2.22. The predicted octanol–water partition coefficient (Wildman–Crippen LogP) is 1.64. The summed E-state index contributed by atoms with van der Waals surface area (Å²) < 4.78 is 12.5. The van der Waals surface area contributed by atoms with E-state index in [9.17, 15) is 10.1 Å². The number of nitro groups is 1. The van der Waals surface area contributed by atoms with Crippen LogP contribution in [0.1, 0.15) is 25.1 Å². The zero-order valence-electron chi connectivity index (χ0n) is 10.4. The highest BCUT2D eigenvalue weighted by Crippen LogP contribution is 2.16. The van der Waals surface area contributed by atoms with Gasteiger partial charge in [-0.15, -0.1) is 0 Å². The Morgan fingerprint density at radius 3 is 3.17 bits per heavy atom. The molecule has 100 valence electrons. The summed E-state index contributed by atoms with van der Waals surface area (Å²) in [5.74, 6) is 0.621. The van der Waals surface area contributed by atoms with Gasteiger partial charge in [-0.3, -0.25) is 0 Å². The molecule has 1 fully saturated rings. The number of aromatic nitrogens is 2. The molecule has 0 aliphatic carbocycles. The van der Waals surface area contributed by atoms with Crippen LogP contribution in [0, 0.1) is 17.0 Å². The summed E-state index contributed by atoms with van der Waals surface area (Å²) in [5, 5.41) is 10.8. The van der Waals surface area contributed by atoms with Crippen molar-refractivity contribution in [2.24, 2.45) is 0 Å². The molecular weight excluding hydrogens is 238 g/mol. The third-order valence-corrected chi connectivity index (χ3v) is 2.98. The van der Waals surface area contributed by atoms with E-state index in [1.165, 1.54) is 6.20 Å². The molecule has 18 heavy (non-hydrogen) atoms. The molecule has 1 aliphatic heterocycles. The SMILES string of the molecule is Cc1ncc([N+](=O)[O-])n1CCO[C@@H]1CCCCO1. The molecule has 1 saturated heterocycles. The van der Waals surface area contributed by atoms with Crippen LogP contribution >= 0.6 is 0 Å². The Bertz CT molecular complexity index is 412. The van der Waals surface area contributed by atoms with Crippen LogP contribution < -0.4 is 0 Å². The van der Waals surface area contributed by atoms with Gasteiger partial charge in [0.1, 0.15) is 12.7 Å². The molecule has 7 heteroatoms. The summed E-state index contributed by atoms with van der Waals surface area (Å²) in [5.41, 5.74) is 0. The van der Waals surface area contributed by atoms with Crippen molar-refractivity contribution in [3.63, 3.8) is 0 Å². The van der Waals surface area contributed by atoms with E-state index in [2.05, 4.69) is 4.98 Å². The van der Waals surface area contributed by atoms with E-state index in [0.717, 1.165) is 25.9 Å². The number of nitrogens with zero attached hydrogens (tertiary/aromatic N) is 3. The molecule has 0 N–H and O–H groups in total. The fourth-order valence-corrected chi connectivity index (χ4v) is 2.00. The Hall–Kier alpha value is -1.47. The lowest BCUT2D eigenvalue weighted by molar-refractivity contribution is -0.392. The van der Waals surface area contributed by atoms with Crippen molar-refractivity contribution in [2.75, 3.05) is 13.2 Å². The van der Waals surface area contributed by atoms with Gasteiger partial charge in [-0.05, 0) is 24.2 Å². The first-order valence-electron chi connectivity index (χ1n) is 6.08. The van der Waals surface area contributed by atoms with Gasteiger partial charge in [-0.2, -0.15) is 0 Å². The van der Waals surface area contributed by atoms with Crippen LogP contribution in [-0.2, 0) is 16.0 Å². The lowest BCUT2D eigenvalue weighted by Crippen LogP contribution is -2.24. The molecular formula is C11H17N3O4. The minimum atomic E-state index is -0.433. The van der Waals surface area contributed by atoms with Crippen LogP contribution in [0.25, 0.3) is 0 Å². The Labute approximate surface area is 105 Å². The molecule has 0 amide bonds. The van der Waals surface area contributed by atoms with Gasteiger partial charge in [0.15, 0.2) is 12.1 Å². The van der Waals surface area contributed by atoms with E-state index in [4.69, 9.17) is 9.47 Å². The molecule has 0 saturated carbocycles. The van der Waals surface area contributed by atoms with Crippen molar-refractivity contribution in [1.82, 2.24) is 9.55 Å². The maximum absolute atomic E-state index is 10.8. The molecule has 0 spiro atoms. The van der Waals surface area contributed by atoms with Gasteiger partial charge in [0, 0.05) is 13.5 Å². The molecule has 1 aromatic heterocycles. The Kier molecular flexibility index (Phi) is 4.27. The van der Waals surface area contributed by atoms with Crippen LogP contribution in [0.15, 0.2) is 6.20 Å². The average molecular weight is 255 g/mol. The molecule has 1 atom stereocenters. The third-order valence-electron chi connectivity index (χ3n) is 2.98. The molecule has 2 heterocycles. The molecule has 1 aromatic rings. The lowest BCUT2D eigenvalue weighted by atomic mass is 10.2. The molecule has 0 radical (unpaired) electrons. The number of rotatable bonds is 5. The quantitative estimate of drug-likeness (QED) is 0.590. The van der Waals surface area contributed by atoms with Crippen molar-refractivity contribution < 1.29 is 14.4 Å². The topological polar surface area (TPSA) is 79.4 Å². The maximum atomic E-state index is 10.8. The van der Waals surface area contributed by atoms with Crippen molar-refractivity contribution in [2.45, 2.75) is 39.0 Å². The number of hydrogen-bond donors (Lipinski definition) is 0. The molecule has 2 rings (SSSR count). The highest BCUT2D eigenvalue weighted by molar-refractivity contribution is 5.18. The molecule has 0 unspecified atom stereocenters. The highest BCUT2D eigenvalue weighted by Gasteiger charge is 2.18. The van der Waals surface area contributed by atoms with E-state index >= 15 is 0 Å². The number of aryl methyl sites for hydroxylation is 1. The largest absolute Gasteiger partial charge is 0.358 e. The Morgan fingerprint density at radius 1 is 1.67 bits per heavy atom. The monoisotopic (exact) mass is 255 g/mol. The first kappa shape index (κ1) is 13.0. The van der Waals surface area contributed by atoms with Gasteiger partial charge in [-0.25, -0.2) is 9.55 Å². The van der Waals surface area contributed by atoms with Gasteiger partial charge in [-0.1, -0.05) is 0 Å². The molecule has 0 bridgehead atoms. The second kappa shape index (κ2) is 5.92. The second-order valence-corrected chi connectivity index (χ2v) is 4.24. The van der Waals surface area contributed by atoms with E-state index in [0.29, 0.717) is 19.0 Å². The van der Waals surface area contributed by atoms with Crippen LogP contribution in [-0.4, -0.2) is 34.0 Å². The van der Waals surface area contributed by atoms with E-state index in [1.807, 2.05) is 0 Å². The summed E-state index contributed by atoms with van der Waals surface area (Å²) in [6, 6.07) is 0. The average Bonchev–Trinajstić information content (AvgIpc) is 2.73. The van der Waals surface area contributed by atoms with Gasteiger partial charge in [0.2, 0.25) is 0 Å². The fourth-order valence-electron chi connectivity index (χ4n) is 2.00. The standard InChI is InChI=1S/C11H17N3O4/c1-9-12-8-10(14(15)16)13(9)5-7-18-11-4-2-3-6-17-11/h8,11H,2-7H2,1H3/t11-/m1/s1. The normalized spacial score (nSPS) is 19.9. The molecule has 7 nitrogen and oxygen atoms in total. The Morgan fingerprint density at radius 2 is 2.50 bits per heavy atom. The summed E-state index contributed by atoms with van der Waals surface area (Å²) >= 11 is 0. The van der Waals surface area contributed by atoms with E-state index < -0.39 is 4.92 Å². The van der Waals surface area contributed by atoms with Crippen molar-refractivity contribution in [1.29, 1.82) is 0 Å². The minimum absolute atomic E-state index is 0.000613. The highest BCUT2D eigenvalue weighted by atomic mass is 16.7. The summed E-state index contributed by atoms with van der Waals surface area (Å²) in [6.07, 6.45) is 4.18. The van der Waals surface area contributed by atoms with Crippen molar-refractivity contribution >= 4 is 5.82 Å². The minimum Gasteiger partial charge on any atom is -0.358 e. The summed E-state index contributed by atoms with van der Waals surface area (Å²) in [7, 11) is 0. The van der Waals surface area contributed by atoms with Crippen LogP contribution in [0.3, 0.4) is 0 Å².